The number of nitrogen functional groups attached to an aromatic ring is 3. The number of ether oxygens (including phenoxy) is 5. The van der Waals surface area contributed by atoms with E-state index in [1.165, 1.54) is 123 Å². The van der Waals surface area contributed by atoms with E-state index in [0.29, 0.717) is 80.8 Å². The van der Waals surface area contributed by atoms with E-state index >= 15 is 0 Å². The Bertz CT molecular complexity index is 4750. The van der Waals surface area contributed by atoms with Gasteiger partial charge in [-0.3, -0.25) is 0 Å². The summed E-state index contributed by atoms with van der Waals surface area (Å²) in [6.07, 6.45) is 53.2. The van der Waals surface area contributed by atoms with Crippen LogP contribution in [-0.2, 0) is 17.6 Å². The number of carbonyl (C=O) groups excluding carboxylic acids is 1. The molecule has 37 heteroatoms. The Kier molecular flexibility index (Phi) is 38.3. The quantitative estimate of drug-likeness (QED) is 0.0143. The number of rotatable bonds is 35. The fourth-order valence-corrected chi connectivity index (χ4v) is 17.1. The number of aromatic nitrogens is 20. The van der Waals surface area contributed by atoms with Gasteiger partial charge in [-0.2, -0.15) is 24.9 Å². The number of nitrogens with two attached hydrogens (primary N) is 3. The van der Waals surface area contributed by atoms with E-state index in [1.54, 1.807) is 38.3 Å². The molecule has 7 unspecified atom stereocenters. The monoisotopic (exact) mass is 1710 g/mol. The molecule has 10 aromatic rings. The molecule has 10 N–H and O–H groups in total. The topological polar surface area (TPSA) is 421 Å². The van der Waals surface area contributed by atoms with E-state index in [0.717, 1.165) is 169 Å². The minimum absolute atomic E-state index is 0.0158. The maximum atomic E-state index is 11.0. The molecule has 6 radical (unpaired) electrons. The number of aliphatic hydroxyl groups is 2. The highest BCUT2D eigenvalue weighted by Crippen LogP contribution is 2.38. The van der Waals surface area contributed by atoms with Gasteiger partial charge < -0.3 is 66.5 Å². The van der Waals surface area contributed by atoms with Gasteiger partial charge in [0, 0.05) is 33.8 Å². The number of carbonyl (C=O) groups is 1. The van der Waals surface area contributed by atoms with Gasteiger partial charge in [-0.15, -0.1) is 25.5 Å². The van der Waals surface area contributed by atoms with Crippen molar-refractivity contribution in [3.8, 4) is 30.1 Å². The molecule has 0 aromatic carbocycles. The Morgan fingerprint density at radius 2 is 0.750 bits per heavy atom. The molecule has 10 aromatic heterocycles. The van der Waals surface area contributed by atoms with Crippen LogP contribution in [0.15, 0.2) is 37.2 Å². The number of anilines is 5. The lowest BCUT2D eigenvalue weighted by Gasteiger charge is -2.26. The summed E-state index contributed by atoms with van der Waals surface area (Å²) in [6, 6.07) is 1.34. The van der Waals surface area contributed by atoms with Crippen molar-refractivity contribution in [2.45, 2.75) is 350 Å². The largest absolute Gasteiger partial charge is 0.459 e. The smallest absolute Gasteiger partial charge is 0.336 e. The second-order valence-corrected chi connectivity index (χ2v) is 34.2. The number of nitrogens with one attached hydrogen (secondary N) is 2. The lowest BCUT2D eigenvalue weighted by molar-refractivity contribution is -0.111. The van der Waals surface area contributed by atoms with Gasteiger partial charge in [-0.1, -0.05) is 189 Å². The number of fused-ring (bicyclic) bond motifs is 5. The van der Waals surface area contributed by atoms with E-state index in [1.807, 2.05) is 56.0 Å². The van der Waals surface area contributed by atoms with E-state index in [2.05, 4.69) is 110 Å². The second kappa shape index (κ2) is 50.7. The Hall–Kier alpha value is -9.40. The van der Waals surface area contributed by atoms with Crippen molar-refractivity contribution in [3.05, 3.63) is 60.0 Å². The highest BCUT2D eigenvalue weighted by atomic mass is 16.5. The van der Waals surface area contributed by atoms with E-state index in [9.17, 15) is 15.0 Å². The van der Waals surface area contributed by atoms with Crippen molar-refractivity contribution in [2.24, 2.45) is 29.6 Å². The molecule has 5 aliphatic carbocycles. The third kappa shape index (κ3) is 28.6. The molecule has 33 nitrogen and oxygen atoms in total. The maximum Gasteiger partial charge on any atom is 0.336 e. The first-order valence-corrected chi connectivity index (χ1v) is 46.3. The second-order valence-electron chi connectivity index (χ2n) is 34.2. The maximum absolute atomic E-state index is 11.0. The molecule has 0 aliphatic heterocycles. The van der Waals surface area contributed by atoms with Crippen molar-refractivity contribution in [3.63, 3.8) is 0 Å². The highest BCUT2D eigenvalue weighted by molar-refractivity contribution is 6.90. The summed E-state index contributed by atoms with van der Waals surface area (Å²) in [5.41, 5.74) is 24.2. The van der Waals surface area contributed by atoms with Gasteiger partial charge in [0.05, 0.1) is 92.4 Å². The number of nitrogens with zero attached hydrogens (tertiary/aromatic N) is 20. The van der Waals surface area contributed by atoms with Crippen LogP contribution in [0.5, 0.6) is 30.1 Å². The molecule has 7 atom stereocenters. The zero-order valence-electron chi connectivity index (χ0n) is 77.3. The molecule has 5 saturated carbocycles. The van der Waals surface area contributed by atoms with Crippen LogP contribution in [0, 0.1) is 29.6 Å². The van der Waals surface area contributed by atoms with Crippen LogP contribution in [0.1, 0.15) is 329 Å². The standard InChI is InChI=1S/C18H28B2N5O2.C17H27N5O2.2C17H27N5O.C11H16B2N5O.C7H12O/c1-3-7-12(2)27-18-23-16(22-11-20-19)17-21-10-14(25(17)24-18)15(26)13-8-5-4-6-9-13;1-3-7-11(2)24-17-20-15(18)16-19-10-13(22(16)21-17)14(23)12-8-5-4-6-9-12;2*1-3-7-12(2)23-17-20-15(18)16-19-11-14(22(16)21-17)10-13-8-5-4-6-9-13;1-3-4-8(2)19-11-16-9(15-7-13-12)10-14-5-6-18(10)17-11;8-6-7-4-2-1-3-5-7/h10,12-13,15,26H,3-9,11H2,1-2H3,(H,22,23,24);10-12,14,23H,3-9H2,1-2H3,(H2,18,20,21);2*11-13H,3-10H2,1-2H3,(H2,18,20,21);5-6,8H,3-4,7H2,1-2H3,(H,15,16,17);6-7H,1-5H2/i/hD2. The molecule has 10 heterocycles. The van der Waals surface area contributed by atoms with Gasteiger partial charge >= 0.3 is 30.1 Å². The average molecular weight is 1710 g/mol. The molecule has 124 heavy (non-hydrogen) atoms. The number of aliphatic hydroxyl groups excluding tert-OH is 2. The van der Waals surface area contributed by atoms with Crippen LogP contribution in [0.25, 0.3) is 28.2 Å². The predicted molar refractivity (Wildman–Crippen MR) is 488 cm³/mol. The van der Waals surface area contributed by atoms with Crippen molar-refractivity contribution >= 4 is 93.4 Å². The van der Waals surface area contributed by atoms with Crippen molar-refractivity contribution < 1.29 is 41.5 Å². The summed E-state index contributed by atoms with van der Waals surface area (Å²) in [5.74, 6) is 4.00. The van der Waals surface area contributed by atoms with Crippen LogP contribution in [0.4, 0.5) is 29.1 Å². The normalized spacial score (nSPS) is 17.5. The zero-order chi connectivity index (χ0) is 90.0. The summed E-state index contributed by atoms with van der Waals surface area (Å²) in [7, 11) is 13.6. The van der Waals surface area contributed by atoms with Gasteiger partial charge in [0.1, 0.15) is 18.5 Å². The lowest BCUT2D eigenvalue weighted by atomic mass is 9.56. The zero-order valence-corrected chi connectivity index (χ0v) is 75.3. The van der Waals surface area contributed by atoms with Crippen molar-refractivity contribution in [1.82, 2.24) is 97.9 Å². The fraction of sp³-hybridized carbons (Fsp3) is 0.701. The van der Waals surface area contributed by atoms with Gasteiger partial charge in [0.15, 0.2) is 60.1 Å². The highest BCUT2D eigenvalue weighted by Gasteiger charge is 2.31. The Balaban J connectivity index is 0.000000161. The summed E-state index contributed by atoms with van der Waals surface area (Å²) >= 11 is 0. The lowest BCUT2D eigenvalue weighted by Crippen LogP contribution is -2.20. The van der Waals surface area contributed by atoms with E-state index in [4.69, 9.17) is 59.2 Å². The molecular formula is C87H137B4N25O8. The first-order chi connectivity index (χ1) is 61.1. The summed E-state index contributed by atoms with van der Waals surface area (Å²) in [5, 5.41) is 46.2. The number of hydrogen-bond donors (Lipinski definition) is 7. The Labute approximate surface area is 739 Å². The molecule has 0 saturated heterocycles. The van der Waals surface area contributed by atoms with Crippen LogP contribution in [0.2, 0.25) is 2.82 Å². The van der Waals surface area contributed by atoms with Gasteiger partial charge in [-0.05, 0) is 155 Å². The van der Waals surface area contributed by atoms with Crippen LogP contribution in [-0.4, -0.2) is 188 Å². The van der Waals surface area contributed by atoms with Crippen LogP contribution < -0.4 is 51.5 Å². The Morgan fingerprint density at radius 1 is 0.435 bits per heavy atom. The van der Waals surface area contributed by atoms with Gasteiger partial charge in [-0.25, -0.2) is 47.5 Å². The van der Waals surface area contributed by atoms with Crippen LogP contribution >= 0.6 is 0 Å². The molecule has 0 bridgehead atoms. The van der Waals surface area contributed by atoms with Gasteiger partial charge in [0.2, 0.25) is 0 Å². The minimum atomic E-state index is -0.654. The molecule has 0 amide bonds. The van der Waals surface area contributed by atoms with Crippen molar-refractivity contribution in [2.75, 3.05) is 40.7 Å². The predicted octanol–water partition coefficient (Wildman–Crippen LogP) is 14.8. The average Bonchev–Trinajstić information content (AvgIpc) is 1.59. The molecule has 0 spiro atoms. The summed E-state index contributed by atoms with van der Waals surface area (Å²) in [6.45, 7) is 20.5. The first-order valence-electron chi connectivity index (χ1n) is 47.2. The number of imidazole rings is 5. The van der Waals surface area contributed by atoms with E-state index in [-0.39, 0.29) is 79.1 Å². The fourth-order valence-electron chi connectivity index (χ4n) is 17.1. The Morgan fingerprint density at radius 3 is 1.11 bits per heavy atom. The summed E-state index contributed by atoms with van der Waals surface area (Å²) < 4.78 is 53.4. The molecular weight excluding hydrogens is 1570 g/mol. The van der Waals surface area contributed by atoms with Crippen molar-refractivity contribution in [1.29, 1.82) is 0 Å². The minimum Gasteiger partial charge on any atom is -0.459 e. The summed E-state index contributed by atoms with van der Waals surface area (Å²) in [4.78, 5) is 53.1. The molecule has 5 aliphatic rings. The molecule has 5 fully saturated rings. The molecule has 15 rings (SSSR count). The van der Waals surface area contributed by atoms with Gasteiger partial charge in [0.25, 0.3) is 0 Å². The number of aldehydes is 1. The van der Waals surface area contributed by atoms with E-state index < -0.39 is 12.2 Å². The SMILES string of the molecule is CCCC(C)Oc1nc(N)c2ncc(C(O)C3CCCCC3)n2n1.CCCC(C)Oc1nc(N)c2ncc(CC3CCCCC3)n2n1.CCCC(C)Oc1nc(N)c2ncc(CC3CCCCC3)n2n1.O=CC1CCCCC1.[2H]N(C[B][B])c1nc(OC(C)CCC)nn2c(C(O)C3CCCCC3)cnc12.[2H]N(C[B][B])c1nc(OC(C)CCC)nn2ccnc12. The third-order valence-electron chi connectivity index (χ3n) is 23.6. The van der Waals surface area contributed by atoms with Crippen LogP contribution in [0.3, 0.4) is 0 Å². The third-order valence-corrected chi connectivity index (χ3v) is 23.6. The molecule has 670 valence electrons. The number of hydrogen-bond acceptors (Lipinski definition) is 28. The first kappa shape index (κ1) is 93.7.